The molecule has 7 heteroatoms. The molecule has 0 aliphatic heterocycles. The van der Waals surface area contributed by atoms with Crippen molar-refractivity contribution in [3.63, 3.8) is 0 Å². The van der Waals surface area contributed by atoms with Crippen molar-refractivity contribution in [3.8, 4) is 10.8 Å². The Labute approximate surface area is 142 Å². The summed E-state index contributed by atoms with van der Waals surface area (Å²) in [4.78, 5) is 27.7. The lowest BCUT2D eigenvalue weighted by Crippen LogP contribution is -2.07. The molecular weight excluding hydrogens is 328 g/mol. The van der Waals surface area contributed by atoms with Crippen LogP contribution >= 0.6 is 11.3 Å². The maximum atomic E-state index is 12.1. The number of thiazole rings is 1. The maximum Gasteiger partial charge on any atom is 0.350 e. The number of anilines is 1. The Bertz CT molecular complexity index is 855. The minimum atomic E-state index is -0.449. The van der Waals surface area contributed by atoms with E-state index in [4.69, 9.17) is 9.15 Å². The van der Waals surface area contributed by atoms with E-state index >= 15 is 0 Å². The number of ether oxygens (including phenoxy) is 1. The highest BCUT2D eigenvalue weighted by Crippen LogP contribution is 2.26. The van der Waals surface area contributed by atoms with Crippen molar-refractivity contribution >= 4 is 28.9 Å². The molecule has 0 aliphatic rings. The highest BCUT2D eigenvalue weighted by Gasteiger charge is 2.14. The Morgan fingerprint density at radius 1 is 1.29 bits per heavy atom. The minimum absolute atomic E-state index is 0.111. The van der Waals surface area contributed by atoms with Gasteiger partial charge in [0.1, 0.15) is 11.5 Å². The van der Waals surface area contributed by atoms with Crippen LogP contribution in [0, 0.1) is 0 Å². The molecular formula is C17H14N2O4S. The van der Waals surface area contributed by atoms with Gasteiger partial charge < -0.3 is 14.5 Å². The first-order valence-corrected chi connectivity index (χ1v) is 7.97. The van der Waals surface area contributed by atoms with Crippen LogP contribution in [0.2, 0.25) is 0 Å². The standard InChI is InChI=1S/C17H14N2O4S/c1-11(20)19-13-5-2-4-12(8-13)10-23-17(21)15-9-18-16(24-15)14-6-3-7-22-14/h2-9H,10H2,1H3,(H,19,20). The number of furan rings is 1. The van der Waals surface area contributed by atoms with Crippen LogP contribution in [-0.4, -0.2) is 16.9 Å². The lowest BCUT2D eigenvalue weighted by Gasteiger charge is -2.06. The van der Waals surface area contributed by atoms with Crippen LogP contribution in [0.1, 0.15) is 22.2 Å². The van der Waals surface area contributed by atoms with Gasteiger partial charge in [-0.25, -0.2) is 9.78 Å². The average molecular weight is 342 g/mol. The second kappa shape index (κ2) is 7.10. The summed E-state index contributed by atoms with van der Waals surface area (Å²) in [5, 5.41) is 3.31. The molecule has 6 nitrogen and oxygen atoms in total. The molecule has 0 saturated carbocycles. The predicted octanol–water partition coefficient (Wildman–Crippen LogP) is 3.72. The van der Waals surface area contributed by atoms with Crippen LogP contribution in [0.3, 0.4) is 0 Å². The van der Waals surface area contributed by atoms with Gasteiger partial charge in [-0.1, -0.05) is 12.1 Å². The van der Waals surface area contributed by atoms with Gasteiger partial charge >= 0.3 is 5.97 Å². The van der Waals surface area contributed by atoms with Crippen LogP contribution < -0.4 is 5.32 Å². The molecule has 2 heterocycles. The number of hydrogen-bond acceptors (Lipinski definition) is 6. The Morgan fingerprint density at radius 3 is 2.92 bits per heavy atom. The Balaban J connectivity index is 1.62. The van der Waals surface area contributed by atoms with Crippen molar-refractivity contribution in [2.75, 3.05) is 5.32 Å². The lowest BCUT2D eigenvalue weighted by molar-refractivity contribution is -0.114. The van der Waals surface area contributed by atoms with Crippen LogP contribution in [0.5, 0.6) is 0 Å². The first kappa shape index (κ1) is 15.9. The number of carbonyl (C=O) groups is 2. The van der Waals surface area contributed by atoms with E-state index in [0.29, 0.717) is 21.3 Å². The van der Waals surface area contributed by atoms with E-state index in [1.807, 2.05) is 6.07 Å². The summed E-state index contributed by atoms with van der Waals surface area (Å²) in [6, 6.07) is 10.7. The third kappa shape index (κ3) is 3.88. The highest BCUT2D eigenvalue weighted by molar-refractivity contribution is 7.16. The van der Waals surface area contributed by atoms with E-state index in [1.54, 1.807) is 36.6 Å². The van der Waals surface area contributed by atoms with Gasteiger partial charge in [-0.3, -0.25) is 4.79 Å². The molecule has 0 spiro atoms. The topological polar surface area (TPSA) is 81.4 Å². The molecule has 3 rings (SSSR count). The normalized spacial score (nSPS) is 10.4. The fourth-order valence-corrected chi connectivity index (χ4v) is 2.82. The third-order valence-electron chi connectivity index (χ3n) is 3.06. The number of hydrogen-bond donors (Lipinski definition) is 1. The van der Waals surface area contributed by atoms with E-state index in [9.17, 15) is 9.59 Å². The molecule has 1 aromatic carbocycles. The summed E-state index contributed by atoms with van der Waals surface area (Å²) < 4.78 is 10.5. The SMILES string of the molecule is CC(=O)Nc1cccc(COC(=O)c2cnc(-c3ccco3)s2)c1. The summed E-state index contributed by atoms with van der Waals surface area (Å²) >= 11 is 1.21. The highest BCUT2D eigenvalue weighted by atomic mass is 32.1. The second-order valence-electron chi connectivity index (χ2n) is 4.96. The zero-order valence-electron chi connectivity index (χ0n) is 12.8. The predicted molar refractivity (Wildman–Crippen MR) is 89.7 cm³/mol. The zero-order chi connectivity index (χ0) is 16.9. The van der Waals surface area contributed by atoms with Gasteiger partial charge in [0.05, 0.1) is 12.5 Å². The first-order chi connectivity index (χ1) is 11.6. The number of amides is 1. The molecule has 2 aromatic heterocycles. The summed E-state index contributed by atoms with van der Waals surface area (Å²) in [5.74, 6) is 0.0107. The van der Waals surface area contributed by atoms with Crippen LogP contribution in [0.25, 0.3) is 10.8 Å². The Hall–Kier alpha value is -2.93. The van der Waals surface area contributed by atoms with Crippen LogP contribution in [-0.2, 0) is 16.1 Å². The smallest absolute Gasteiger partial charge is 0.350 e. The minimum Gasteiger partial charge on any atom is -0.462 e. The summed E-state index contributed by atoms with van der Waals surface area (Å²) in [6.07, 6.45) is 3.02. The van der Waals surface area contributed by atoms with Crippen molar-refractivity contribution in [1.29, 1.82) is 0 Å². The lowest BCUT2D eigenvalue weighted by atomic mass is 10.2. The molecule has 1 N–H and O–H groups in total. The van der Waals surface area contributed by atoms with E-state index in [2.05, 4.69) is 10.3 Å². The number of esters is 1. The Morgan fingerprint density at radius 2 is 2.17 bits per heavy atom. The average Bonchev–Trinajstić information content (AvgIpc) is 3.23. The van der Waals surface area contributed by atoms with Crippen molar-refractivity contribution in [2.24, 2.45) is 0 Å². The number of benzene rings is 1. The van der Waals surface area contributed by atoms with Crippen molar-refractivity contribution < 1.29 is 18.7 Å². The Kier molecular flexibility index (Phi) is 4.72. The summed E-state index contributed by atoms with van der Waals surface area (Å²) in [5.41, 5.74) is 1.44. The molecule has 0 atom stereocenters. The number of nitrogens with one attached hydrogen (secondary N) is 1. The van der Waals surface area contributed by atoms with Gasteiger partial charge in [0.25, 0.3) is 0 Å². The van der Waals surface area contributed by atoms with E-state index < -0.39 is 5.97 Å². The fraction of sp³-hybridized carbons (Fsp3) is 0.118. The van der Waals surface area contributed by atoms with Gasteiger partial charge in [-0.05, 0) is 29.8 Å². The summed E-state index contributed by atoms with van der Waals surface area (Å²) in [7, 11) is 0. The van der Waals surface area contributed by atoms with Crippen molar-refractivity contribution in [2.45, 2.75) is 13.5 Å². The van der Waals surface area contributed by atoms with Crippen LogP contribution in [0.4, 0.5) is 5.69 Å². The number of aromatic nitrogens is 1. The first-order valence-electron chi connectivity index (χ1n) is 7.15. The van der Waals surface area contributed by atoms with Gasteiger partial charge in [0.15, 0.2) is 10.8 Å². The summed E-state index contributed by atoms with van der Waals surface area (Å²) in [6.45, 7) is 1.55. The van der Waals surface area contributed by atoms with E-state index in [1.165, 1.54) is 24.5 Å². The third-order valence-corrected chi connectivity index (χ3v) is 4.05. The fourth-order valence-electron chi connectivity index (χ4n) is 2.04. The molecule has 0 bridgehead atoms. The van der Waals surface area contributed by atoms with Gasteiger partial charge in [0, 0.05) is 12.6 Å². The molecule has 122 valence electrons. The number of rotatable bonds is 5. The monoisotopic (exact) mass is 342 g/mol. The van der Waals surface area contributed by atoms with Crippen LogP contribution in [0.15, 0.2) is 53.3 Å². The number of nitrogens with zero attached hydrogens (tertiary/aromatic N) is 1. The van der Waals surface area contributed by atoms with E-state index in [-0.39, 0.29) is 12.5 Å². The van der Waals surface area contributed by atoms with Gasteiger partial charge in [-0.15, -0.1) is 11.3 Å². The van der Waals surface area contributed by atoms with E-state index in [0.717, 1.165) is 5.56 Å². The maximum absolute atomic E-state index is 12.1. The molecule has 1 amide bonds. The van der Waals surface area contributed by atoms with Gasteiger partial charge in [0.2, 0.25) is 5.91 Å². The zero-order valence-corrected chi connectivity index (χ0v) is 13.6. The van der Waals surface area contributed by atoms with Crippen molar-refractivity contribution in [1.82, 2.24) is 4.98 Å². The molecule has 0 unspecified atom stereocenters. The molecule has 0 saturated heterocycles. The molecule has 0 radical (unpaired) electrons. The quantitative estimate of drug-likeness (QED) is 0.715. The second-order valence-corrected chi connectivity index (χ2v) is 6.00. The molecule has 3 aromatic rings. The molecule has 0 fully saturated rings. The van der Waals surface area contributed by atoms with Crippen molar-refractivity contribution in [3.05, 3.63) is 59.3 Å². The number of carbonyl (C=O) groups excluding carboxylic acids is 2. The molecule has 0 aliphatic carbocycles. The van der Waals surface area contributed by atoms with Gasteiger partial charge in [-0.2, -0.15) is 0 Å². The largest absolute Gasteiger partial charge is 0.462 e. The molecule has 24 heavy (non-hydrogen) atoms.